The molecule has 3 aromatic rings. The molecular formula is C26H29ClN2O4S. The zero-order chi connectivity index (χ0) is 24.7. The first-order chi connectivity index (χ1) is 16.2. The zero-order valence-electron chi connectivity index (χ0n) is 19.5. The standard InChI is InChI=1S/C26H29ClN2O4S/c1-19-10-13-23(14-11-19)34(31,32)29(24-15-12-22(27)17-20(24)2)18-26(30)28-16-6-8-21-7-4-5-9-25(21)33-3/h4-5,7,9-15,17H,6,8,16,18H2,1-3H3,(H,28,30). The van der Waals surface area contributed by atoms with Gasteiger partial charge >= 0.3 is 0 Å². The van der Waals surface area contributed by atoms with Crippen LogP contribution in [0.5, 0.6) is 5.75 Å². The Labute approximate surface area is 206 Å². The quantitative estimate of drug-likeness (QED) is 0.401. The highest BCUT2D eigenvalue weighted by Crippen LogP contribution is 2.29. The van der Waals surface area contributed by atoms with Gasteiger partial charge in [-0.2, -0.15) is 0 Å². The average Bonchev–Trinajstić information content (AvgIpc) is 2.81. The van der Waals surface area contributed by atoms with Crippen molar-refractivity contribution < 1.29 is 17.9 Å². The van der Waals surface area contributed by atoms with Crippen LogP contribution < -0.4 is 14.4 Å². The van der Waals surface area contributed by atoms with Crippen LogP contribution in [0.1, 0.15) is 23.1 Å². The highest BCUT2D eigenvalue weighted by Gasteiger charge is 2.28. The predicted octanol–water partition coefficient (Wildman–Crippen LogP) is 4.91. The highest BCUT2D eigenvalue weighted by molar-refractivity contribution is 7.92. The minimum absolute atomic E-state index is 0.122. The Hall–Kier alpha value is -3.03. The number of sulfonamides is 1. The first kappa shape index (κ1) is 25.6. The maximum Gasteiger partial charge on any atom is 0.264 e. The molecule has 0 aliphatic carbocycles. The maximum atomic E-state index is 13.5. The van der Waals surface area contributed by atoms with Crippen LogP contribution in [0.2, 0.25) is 5.02 Å². The van der Waals surface area contributed by atoms with Gasteiger partial charge in [0.1, 0.15) is 12.3 Å². The van der Waals surface area contributed by atoms with Gasteiger partial charge < -0.3 is 10.1 Å². The number of carbonyl (C=O) groups excluding carboxylic acids is 1. The third kappa shape index (κ3) is 6.30. The summed E-state index contributed by atoms with van der Waals surface area (Å²) in [5, 5.41) is 3.34. The fourth-order valence-corrected chi connectivity index (χ4v) is 5.35. The molecule has 0 atom stereocenters. The topological polar surface area (TPSA) is 75.7 Å². The van der Waals surface area contributed by atoms with E-state index in [1.807, 2.05) is 31.2 Å². The van der Waals surface area contributed by atoms with Crippen LogP contribution >= 0.6 is 11.6 Å². The number of benzene rings is 3. The van der Waals surface area contributed by atoms with Crippen LogP contribution in [-0.4, -0.2) is 34.5 Å². The van der Waals surface area contributed by atoms with Gasteiger partial charge in [-0.3, -0.25) is 9.10 Å². The second-order valence-electron chi connectivity index (χ2n) is 8.02. The van der Waals surface area contributed by atoms with Crippen LogP contribution in [0.3, 0.4) is 0 Å². The molecule has 3 aromatic carbocycles. The van der Waals surface area contributed by atoms with E-state index in [0.29, 0.717) is 29.2 Å². The van der Waals surface area contributed by atoms with E-state index in [9.17, 15) is 13.2 Å². The molecule has 0 saturated heterocycles. The van der Waals surface area contributed by atoms with Crippen molar-refractivity contribution in [2.75, 3.05) is 24.5 Å². The molecule has 0 aromatic heterocycles. The van der Waals surface area contributed by atoms with E-state index >= 15 is 0 Å². The number of hydrogen-bond donors (Lipinski definition) is 1. The van der Waals surface area contributed by atoms with Gasteiger partial charge in [-0.25, -0.2) is 8.42 Å². The molecule has 0 aliphatic rings. The lowest BCUT2D eigenvalue weighted by atomic mass is 10.1. The average molecular weight is 501 g/mol. The molecule has 0 unspecified atom stereocenters. The third-order valence-corrected chi connectivity index (χ3v) is 7.47. The molecule has 1 amide bonds. The number of para-hydroxylation sites is 1. The number of rotatable bonds is 10. The molecule has 0 radical (unpaired) electrons. The van der Waals surface area contributed by atoms with Crippen molar-refractivity contribution in [1.82, 2.24) is 5.32 Å². The van der Waals surface area contributed by atoms with Crippen LogP contribution in [0, 0.1) is 13.8 Å². The predicted molar refractivity (Wildman–Crippen MR) is 136 cm³/mol. The normalized spacial score (nSPS) is 11.2. The summed E-state index contributed by atoms with van der Waals surface area (Å²) in [5.41, 5.74) is 3.07. The van der Waals surface area contributed by atoms with Crippen LogP contribution in [0.25, 0.3) is 0 Å². The lowest BCUT2D eigenvalue weighted by Gasteiger charge is -2.26. The summed E-state index contributed by atoms with van der Waals surface area (Å²) in [5.74, 6) is 0.424. The monoisotopic (exact) mass is 500 g/mol. The lowest BCUT2D eigenvalue weighted by Crippen LogP contribution is -2.41. The summed E-state index contributed by atoms with van der Waals surface area (Å²) >= 11 is 6.08. The third-order valence-electron chi connectivity index (χ3n) is 5.46. The molecule has 0 fully saturated rings. The summed E-state index contributed by atoms with van der Waals surface area (Å²) in [4.78, 5) is 12.9. The summed E-state index contributed by atoms with van der Waals surface area (Å²) < 4.78 is 33.5. The Balaban J connectivity index is 1.75. The lowest BCUT2D eigenvalue weighted by molar-refractivity contribution is -0.119. The first-order valence-corrected chi connectivity index (χ1v) is 12.8. The molecule has 0 bridgehead atoms. The van der Waals surface area contributed by atoms with E-state index in [0.717, 1.165) is 27.6 Å². The van der Waals surface area contributed by atoms with Gasteiger partial charge in [0.05, 0.1) is 17.7 Å². The molecule has 8 heteroatoms. The van der Waals surface area contributed by atoms with Gasteiger partial charge in [0.25, 0.3) is 10.0 Å². The highest BCUT2D eigenvalue weighted by atomic mass is 35.5. The second kappa shape index (κ2) is 11.4. The van der Waals surface area contributed by atoms with Gasteiger partial charge in [0, 0.05) is 11.6 Å². The largest absolute Gasteiger partial charge is 0.496 e. The second-order valence-corrected chi connectivity index (χ2v) is 10.3. The van der Waals surface area contributed by atoms with E-state index in [1.54, 1.807) is 56.5 Å². The number of halogens is 1. The fourth-order valence-electron chi connectivity index (χ4n) is 3.64. The summed E-state index contributed by atoms with van der Waals surface area (Å²) in [6.07, 6.45) is 1.42. The van der Waals surface area contributed by atoms with Crippen LogP contribution in [0.4, 0.5) is 5.69 Å². The Morgan fingerprint density at radius 3 is 2.41 bits per heavy atom. The maximum absolute atomic E-state index is 13.5. The smallest absolute Gasteiger partial charge is 0.264 e. The van der Waals surface area contributed by atoms with E-state index in [4.69, 9.17) is 16.3 Å². The molecule has 0 spiro atoms. The number of hydrogen-bond acceptors (Lipinski definition) is 4. The van der Waals surface area contributed by atoms with Crippen LogP contribution in [0.15, 0.2) is 71.6 Å². The van der Waals surface area contributed by atoms with E-state index < -0.39 is 10.0 Å². The van der Waals surface area contributed by atoms with Gasteiger partial charge in [-0.1, -0.05) is 47.5 Å². The molecule has 6 nitrogen and oxygen atoms in total. The number of amides is 1. The minimum Gasteiger partial charge on any atom is -0.496 e. The fraction of sp³-hybridized carbons (Fsp3) is 0.269. The van der Waals surface area contributed by atoms with Gasteiger partial charge in [-0.05, 0) is 74.2 Å². The molecule has 180 valence electrons. The Kier molecular flexibility index (Phi) is 8.58. The summed E-state index contributed by atoms with van der Waals surface area (Å²) in [6, 6.07) is 19.2. The molecule has 34 heavy (non-hydrogen) atoms. The molecule has 1 N–H and O–H groups in total. The van der Waals surface area contributed by atoms with Crippen molar-refractivity contribution in [3.63, 3.8) is 0 Å². The number of nitrogens with one attached hydrogen (secondary N) is 1. The Bertz CT molecular complexity index is 1240. The first-order valence-electron chi connectivity index (χ1n) is 11.0. The number of carbonyl (C=O) groups is 1. The zero-order valence-corrected chi connectivity index (χ0v) is 21.1. The molecule has 0 saturated carbocycles. The Morgan fingerprint density at radius 2 is 1.74 bits per heavy atom. The van der Waals surface area contributed by atoms with Crippen molar-refractivity contribution in [2.24, 2.45) is 0 Å². The van der Waals surface area contributed by atoms with E-state index in [-0.39, 0.29) is 17.3 Å². The summed E-state index contributed by atoms with van der Waals surface area (Å²) in [6.45, 7) is 3.72. The SMILES string of the molecule is COc1ccccc1CCCNC(=O)CN(c1ccc(Cl)cc1C)S(=O)(=O)c1ccc(C)cc1. The number of aryl methyl sites for hydroxylation is 3. The van der Waals surface area contributed by atoms with Gasteiger partial charge in [0.15, 0.2) is 0 Å². The van der Waals surface area contributed by atoms with Crippen molar-refractivity contribution in [3.05, 3.63) is 88.4 Å². The minimum atomic E-state index is -3.97. The van der Waals surface area contributed by atoms with Gasteiger partial charge in [-0.15, -0.1) is 0 Å². The number of nitrogens with zero attached hydrogens (tertiary/aromatic N) is 1. The van der Waals surface area contributed by atoms with Crippen molar-refractivity contribution in [3.8, 4) is 5.75 Å². The number of ether oxygens (including phenoxy) is 1. The van der Waals surface area contributed by atoms with Gasteiger partial charge in [0.2, 0.25) is 5.91 Å². The Morgan fingerprint density at radius 1 is 1.03 bits per heavy atom. The van der Waals surface area contributed by atoms with Crippen molar-refractivity contribution in [2.45, 2.75) is 31.6 Å². The van der Waals surface area contributed by atoms with Crippen molar-refractivity contribution in [1.29, 1.82) is 0 Å². The van der Waals surface area contributed by atoms with E-state index in [1.165, 1.54) is 0 Å². The molecular weight excluding hydrogens is 472 g/mol. The number of anilines is 1. The van der Waals surface area contributed by atoms with Crippen molar-refractivity contribution >= 4 is 33.2 Å². The molecule has 0 heterocycles. The van der Waals surface area contributed by atoms with Crippen LogP contribution in [-0.2, 0) is 21.2 Å². The molecule has 3 rings (SSSR count). The summed E-state index contributed by atoms with van der Waals surface area (Å²) in [7, 11) is -2.34. The van der Waals surface area contributed by atoms with E-state index in [2.05, 4.69) is 5.32 Å². The number of methoxy groups -OCH3 is 1. The molecule has 0 aliphatic heterocycles.